The number of nitrogens with one attached hydrogen (secondary N) is 2. The molecular weight excluding hydrogens is 378 g/mol. The first-order valence-electron chi connectivity index (χ1n) is 10.6. The summed E-state index contributed by atoms with van der Waals surface area (Å²) in [5.74, 6) is 0.674. The largest absolute Gasteiger partial charge is 0.494 e. The van der Waals surface area contributed by atoms with Crippen LogP contribution in [0.3, 0.4) is 0 Å². The van der Waals surface area contributed by atoms with Gasteiger partial charge in [-0.1, -0.05) is 31.4 Å². The first-order valence-corrected chi connectivity index (χ1v) is 10.6. The maximum Gasteiger partial charge on any atom is 0.271 e. The third kappa shape index (κ3) is 5.92. The van der Waals surface area contributed by atoms with Crippen LogP contribution < -0.4 is 15.5 Å². The van der Waals surface area contributed by atoms with Gasteiger partial charge < -0.3 is 10.1 Å². The number of ether oxygens (including phenoxy) is 1. The van der Waals surface area contributed by atoms with Crippen molar-refractivity contribution in [1.29, 1.82) is 0 Å². The van der Waals surface area contributed by atoms with E-state index in [1.807, 2.05) is 38.1 Å². The minimum atomic E-state index is -0.284. The van der Waals surface area contributed by atoms with Gasteiger partial charge in [0.1, 0.15) is 5.75 Å². The van der Waals surface area contributed by atoms with E-state index in [1.54, 1.807) is 24.3 Å². The minimum Gasteiger partial charge on any atom is -0.494 e. The molecule has 2 aromatic carbocycles. The second kappa shape index (κ2) is 10.6. The minimum absolute atomic E-state index is 0.107. The summed E-state index contributed by atoms with van der Waals surface area (Å²) in [5, 5.41) is 7.20. The van der Waals surface area contributed by atoms with Crippen molar-refractivity contribution >= 4 is 23.2 Å². The summed E-state index contributed by atoms with van der Waals surface area (Å²) < 4.78 is 5.38. The molecule has 1 fully saturated rings. The van der Waals surface area contributed by atoms with Gasteiger partial charge in [0.15, 0.2) is 0 Å². The molecule has 3 rings (SSSR count). The van der Waals surface area contributed by atoms with Gasteiger partial charge >= 0.3 is 0 Å². The molecule has 0 heterocycles. The predicted octanol–water partition coefficient (Wildman–Crippen LogP) is 4.76. The topological polar surface area (TPSA) is 79.8 Å². The van der Waals surface area contributed by atoms with Gasteiger partial charge in [-0.2, -0.15) is 5.10 Å². The Kier molecular flexibility index (Phi) is 7.60. The predicted molar refractivity (Wildman–Crippen MR) is 119 cm³/mol. The number of hydrogen-bond acceptors (Lipinski definition) is 4. The molecule has 6 nitrogen and oxygen atoms in total. The molecule has 0 spiro atoms. The van der Waals surface area contributed by atoms with E-state index in [0.29, 0.717) is 17.9 Å². The van der Waals surface area contributed by atoms with Crippen molar-refractivity contribution < 1.29 is 14.3 Å². The standard InChI is InChI=1S/C24H29N3O3/c1-3-30-22-15-11-20(12-16-22)24(29)27-26-17(2)18-9-13-21(14-10-18)25-23(28)19-7-5-4-6-8-19/h9-16,19H,3-8H2,1-2H3,(H,25,28)(H,27,29)/b26-17-. The van der Waals surface area contributed by atoms with Gasteiger partial charge in [0.05, 0.1) is 12.3 Å². The lowest BCUT2D eigenvalue weighted by atomic mass is 9.88. The quantitative estimate of drug-likeness (QED) is 0.513. The van der Waals surface area contributed by atoms with Crippen LogP contribution in [0.1, 0.15) is 61.9 Å². The number of anilines is 1. The van der Waals surface area contributed by atoms with Gasteiger partial charge in [-0.05, 0) is 68.7 Å². The number of hydrogen-bond donors (Lipinski definition) is 2. The van der Waals surface area contributed by atoms with E-state index >= 15 is 0 Å². The van der Waals surface area contributed by atoms with E-state index in [1.165, 1.54) is 6.42 Å². The van der Waals surface area contributed by atoms with Crippen molar-refractivity contribution in [2.24, 2.45) is 11.0 Å². The highest BCUT2D eigenvalue weighted by Crippen LogP contribution is 2.25. The zero-order chi connectivity index (χ0) is 21.3. The normalized spacial score (nSPS) is 14.8. The monoisotopic (exact) mass is 407 g/mol. The van der Waals surface area contributed by atoms with Gasteiger partial charge in [-0.3, -0.25) is 9.59 Å². The van der Waals surface area contributed by atoms with Crippen molar-refractivity contribution in [3.63, 3.8) is 0 Å². The Morgan fingerprint density at radius 3 is 2.23 bits per heavy atom. The lowest BCUT2D eigenvalue weighted by Gasteiger charge is -2.20. The second-order valence-corrected chi connectivity index (χ2v) is 7.50. The van der Waals surface area contributed by atoms with Crippen LogP contribution in [-0.2, 0) is 4.79 Å². The van der Waals surface area contributed by atoms with Crippen LogP contribution in [0.2, 0.25) is 0 Å². The summed E-state index contributed by atoms with van der Waals surface area (Å²) in [5.41, 5.74) is 5.42. The Morgan fingerprint density at radius 1 is 0.967 bits per heavy atom. The van der Waals surface area contributed by atoms with Gasteiger partial charge in [0, 0.05) is 17.2 Å². The van der Waals surface area contributed by atoms with Crippen LogP contribution in [0.15, 0.2) is 53.6 Å². The number of carbonyl (C=O) groups excluding carboxylic acids is 2. The molecular formula is C24H29N3O3. The van der Waals surface area contributed by atoms with E-state index in [0.717, 1.165) is 42.7 Å². The highest BCUT2D eigenvalue weighted by Gasteiger charge is 2.20. The molecule has 1 saturated carbocycles. The van der Waals surface area contributed by atoms with Crippen molar-refractivity contribution in [2.45, 2.75) is 46.0 Å². The maximum absolute atomic E-state index is 12.4. The average Bonchev–Trinajstić information content (AvgIpc) is 2.79. The molecule has 0 saturated heterocycles. The van der Waals surface area contributed by atoms with Crippen LogP contribution in [-0.4, -0.2) is 24.1 Å². The number of benzene rings is 2. The smallest absolute Gasteiger partial charge is 0.271 e. The molecule has 0 atom stereocenters. The number of rotatable bonds is 7. The summed E-state index contributed by atoms with van der Waals surface area (Å²) >= 11 is 0. The summed E-state index contributed by atoms with van der Waals surface area (Å²) in [6.07, 6.45) is 5.45. The van der Waals surface area contributed by atoms with E-state index in [9.17, 15) is 9.59 Å². The SMILES string of the molecule is CCOc1ccc(C(=O)N/N=C(/C)c2ccc(NC(=O)C3CCCCC3)cc2)cc1. The second-order valence-electron chi connectivity index (χ2n) is 7.50. The van der Waals surface area contributed by atoms with E-state index in [-0.39, 0.29) is 17.7 Å². The summed E-state index contributed by atoms with van der Waals surface area (Å²) in [4.78, 5) is 24.6. The number of hydrazone groups is 1. The number of amides is 2. The van der Waals surface area contributed by atoms with Crippen molar-refractivity contribution in [3.8, 4) is 5.75 Å². The zero-order valence-electron chi connectivity index (χ0n) is 17.6. The summed E-state index contributed by atoms with van der Waals surface area (Å²) in [6.45, 7) is 4.32. The van der Waals surface area contributed by atoms with Gasteiger partial charge in [-0.15, -0.1) is 0 Å². The Morgan fingerprint density at radius 2 is 1.60 bits per heavy atom. The summed E-state index contributed by atoms with van der Waals surface area (Å²) in [6, 6.07) is 14.4. The highest BCUT2D eigenvalue weighted by molar-refractivity contribution is 6.01. The molecule has 6 heteroatoms. The Balaban J connectivity index is 1.55. The molecule has 0 radical (unpaired) electrons. The molecule has 1 aliphatic rings. The fraction of sp³-hybridized carbons (Fsp3) is 0.375. The van der Waals surface area contributed by atoms with E-state index < -0.39 is 0 Å². The van der Waals surface area contributed by atoms with Gasteiger partial charge in [0.25, 0.3) is 5.91 Å². The number of carbonyl (C=O) groups is 2. The molecule has 0 unspecified atom stereocenters. The molecule has 0 bridgehead atoms. The first kappa shape index (κ1) is 21.6. The fourth-order valence-corrected chi connectivity index (χ4v) is 3.54. The van der Waals surface area contributed by atoms with Crippen LogP contribution in [0, 0.1) is 5.92 Å². The third-order valence-electron chi connectivity index (χ3n) is 5.30. The molecule has 30 heavy (non-hydrogen) atoms. The van der Waals surface area contributed by atoms with Crippen LogP contribution in [0.4, 0.5) is 5.69 Å². The maximum atomic E-state index is 12.4. The third-order valence-corrected chi connectivity index (χ3v) is 5.30. The van der Waals surface area contributed by atoms with Crippen LogP contribution in [0.5, 0.6) is 5.75 Å². The van der Waals surface area contributed by atoms with Crippen molar-refractivity contribution in [1.82, 2.24) is 5.43 Å². The fourth-order valence-electron chi connectivity index (χ4n) is 3.54. The molecule has 0 aliphatic heterocycles. The van der Waals surface area contributed by atoms with E-state index in [2.05, 4.69) is 15.8 Å². The van der Waals surface area contributed by atoms with E-state index in [4.69, 9.17) is 4.74 Å². The highest BCUT2D eigenvalue weighted by atomic mass is 16.5. The Hall–Kier alpha value is -3.15. The molecule has 2 aromatic rings. The first-order chi connectivity index (χ1) is 14.6. The van der Waals surface area contributed by atoms with Crippen LogP contribution in [0.25, 0.3) is 0 Å². The Bertz CT molecular complexity index is 883. The lowest BCUT2D eigenvalue weighted by molar-refractivity contribution is -0.120. The Labute approximate surface area is 177 Å². The van der Waals surface area contributed by atoms with Gasteiger partial charge in [-0.25, -0.2) is 5.43 Å². The lowest BCUT2D eigenvalue weighted by Crippen LogP contribution is -2.24. The van der Waals surface area contributed by atoms with Crippen molar-refractivity contribution in [3.05, 3.63) is 59.7 Å². The summed E-state index contributed by atoms with van der Waals surface area (Å²) in [7, 11) is 0. The van der Waals surface area contributed by atoms with Crippen LogP contribution >= 0.6 is 0 Å². The average molecular weight is 408 g/mol. The zero-order valence-corrected chi connectivity index (χ0v) is 17.6. The number of nitrogens with zero attached hydrogens (tertiary/aromatic N) is 1. The molecule has 2 amide bonds. The van der Waals surface area contributed by atoms with Gasteiger partial charge in [0.2, 0.25) is 5.91 Å². The molecule has 0 aromatic heterocycles. The molecule has 2 N–H and O–H groups in total. The van der Waals surface area contributed by atoms with Crippen molar-refractivity contribution in [2.75, 3.05) is 11.9 Å². The molecule has 1 aliphatic carbocycles. The molecule has 158 valence electrons.